The van der Waals surface area contributed by atoms with E-state index in [0.717, 1.165) is 6.42 Å². The van der Waals surface area contributed by atoms with Gasteiger partial charge in [-0.05, 0) is 30.0 Å². The molecule has 1 fully saturated rings. The first-order valence-corrected chi connectivity index (χ1v) is 9.21. The zero-order chi connectivity index (χ0) is 17.9. The Morgan fingerprint density at radius 1 is 0.808 bits per heavy atom. The van der Waals surface area contributed by atoms with Crippen LogP contribution in [0, 0.1) is 5.92 Å². The average Bonchev–Trinajstić information content (AvgIpc) is 2.71. The summed E-state index contributed by atoms with van der Waals surface area (Å²) in [4.78, 5) is 15.1. The van der Waals surface area contributed by atoms with E-state index in [1.165, 1.54) is 16.7 Å². The Hall–Kier alpha value is -2.87. The smallest absolute Gasteiger partial charge is 0.229 e. The van der Waals surface area contributed by atoms with Gasteiger partial charge in [0.15, 0.2) is 0 Å². The van der Waals surface area contributed by atoms with Crippen LogP contribution in [-0.4, -0.2) is 10.8 Å². The van der Waals surface area contributed by atoms with Gasteiger partial charge in [-0.3, -0.25) is 4.79 Å². The van der Waals surface area contributed by atoms with Crippen LogP contribution in [0.15, 0.2) is 91.0 Å². The van der Waals surface area contributed by atoms with E-state index in [1.54, 1.807) is 0 Å². The summed E-state index contributed by atoms with van der Waals surface area (Å²) in [7, 11) is 0. The normalized spacial score (nSPS) is 20.5. The number of hydrogen-bond donors (Lipinski definition) is 0. The summed E-state index contributed by atoms with van der Waals surface area (Å²) < 4.78 is 0. The highest BCUT2D eigenvalue weighted by Crippen LogP contribution is 2.46. The standard InChI is InChI=1S/C24H23NO/c1-18(20-13-7-3-8-14-20)25-23(21-15-9-4-10-16-21)22(24(25)26)17-19-11-5-2-6-12-19/h2-16,18,22-23H,17H2,1H3/t18-,22-,23-/m1/s1. The van der Waals surface area contributed by atoms with E-state index in [4.69, 9.17) is 0 Å². The molecular formula is C24H23NO. The molecule has 0 aliphatic carbocycles. The van der Waals surface area contributed by atoms with Crippen LogP contribution < -0.4 is 0 Å². The highest BCUT2D eigenvalue weighted by Gasteiger charge is 2.49. The van der Waals surface area contributed by atoms with Crippen molar-refractivity contribution in [2.75, 3.05) is 0 Å². The summed E-state index contributed by atoms with van der Waals surface area (Å²) >= 11 is 0. The average molecular weight is 341 g/mol. The molecular weight excluding hydrogens is 318 g/mol. The van der Waals surface area contributed by atoms with Crippen LogP contribution in [-0.2, 0) is 11.2 Å². The highest BCUT2D eigenvalue weighted by atomic mass is 16.2. The Kier molecular flexibility index (Phi) is 4.57. The zero-order valence-corrected chi connectivity index (χ0v) is 15.0. The second-order valence-electron chi connectivity index (χ2n) is 6.98. The fourth-order valence-electron chi connectivity index (χ4n) is 4.01. The van der Waals surface area contributed by atoms with Crippen LogP contribution in [0.5, 0.6) is 0 Å². The largest absolute Gasteiger partial charge is 0.328 e. The van der Waals surface area contributed by atoms with Gasteiger partial charge in [-0.25, -0.2) is 0 Å². The van der Waals surface area contributed by atoms with Crippen molar-refractivity contribution in [2.45, 2.75) is 25.4 Å². The number of nitrogens with zero attached hydrogens (tertiary/aromatic N) is 1. The van der Waals surface area contributed by atoms with Gasteiger partial charge in [-0.1, -0.05) is 91.0 Å². The summed E-state index contributed by atoms with van der Waals surface area (Å²) in [6.07, 6.45) is 0.789. The van der Waals surface area contributed by atoms with Crippen molar-refractivity contribution < 1.29 is 4.79 Å². The molecule has 1 amide bonds. The highest BCUT2D eigenvalue weighted by molar-refractivity contribution is 5.87. The molecule has 2 nitrogen and oxygen atoms in total. The van der Waals surface area contributed by atoms with Gasteiger partial charge in [-0.15, -0.1) is 0 Å². The lowest BCUT2D eigenvalue weighted by molar-refractivity contribution is -0.161. The van der Waals surface area contributed by atoms with Gasteiger partial charge in [0, 0.05) is 0 Å². The number of β-lactam (4-membered cyclic amide) rings is 1. The van der Waals surface area contributed by atoms with Gasteiger partial charge in [0.25, 0.3) is 0 Å². The van der Waals surface area contributed by atoms with Crippen LogP contribution in [0.3, 0.4) is 0 Å². The second-order valence-corrected chi connectivity index (χ2v) is 6.98. The molecule has 0 spiro atoms. The molecule has 0 aromatic heterocycles. The van der Waals surface area contributed by atoms with Crippen molar-refractivity contribution >= 4 is 5.91 Å². The molecule has 0 radical (unpaired) electrons. The topological polar surface area (TPSA) is 20.3 Å². The molecule has 1 aliphatic rings. The Bertz CT molecular complexity index is 860. The van der Waals surface area contributed by atoms with Crippen molar-refractivity contribution in [3.8, 4) is 0 Å². The molecule has 3 atom stereocenters. The van der Waals surface area contributed by atoms with Gasteiger partial charge in [0.1, 0.15) is 0 Å². The van der Waals surface area contributed by atoms with Gasteiger partial charge < -0.3 is 4.90 Å². The molecule has 3 aromatic rings. The summed E-state index contributed by atoms with van der Waals surface area (Å²) in [5.74, 6) is 0.255. The van der Waals surface area contributed by atoms with Crippen LogP contribution in [0.2, 0.25) is 0 Å². The molecule has 130 valence electrons. The minimum Gasteiger partial charge on any atom is -0.328 e. The first kappa shape index (κ1) is 16.6. The molecule has 2 heteroatoms. The van der Waals surface area contributed by atoms with Gasteiger partial charge in [0.05, 0.1) is 18.0 Å². The summed E-state index contributed by atoms with van der Waals surface area (Å²) in [6.45, 7) is 2.13. The molecule has 26 heavy (non-hydrogen) atoms. The van der Waals surface area contributed by atoms with Crippen molar-refractivity contribution in [2.24, 2.45) is 5.92 Å². The molecule has 0 N–H and O–H groups in total. The molecule has 0 bridgehead atoms. The number of benzene rings is 3. The molecule has 3 aromatic carbocycles. The van der Waals surface area contributed by atoms with E-state index in [-0.39, 0.29) is 23.9 Å². The van der Waals surface area contributed by atoms with Crippen LogP contribution in [0.1, 0.15) is 35.7 Å². The van der Waals surface area contributed by atoms with Crippen molar-refractivity contribution in [3.63, 3.8) is 0 Å². The third-order valence-corrected chi connectivity index (χ3v) is 5.39. The summed E-state index contributed by atoms with van der Waals surface area (Å²) in [5, 5.41) is 0. The lowest BCUT2D eigenvalue weighted by Crippen LogP contribution is -2.56. The van der Waals surface area contributed by atoms with E-state index in [1.807, 2.05) is 42.5 Å². The van der Waals surface area contributed by atoms with Crippen molar-refractivity contribution in [1.82, 2.24) is 4.90 Å². The minimum absolute atomic E-state index is 0.00552. The van der Waals surface area contributed by atoms with Gasteiger partial charge in [-0.2, -0.15) is 0 Å². The molecule has 0 saturated carbocycles. The Balaban J connectivity index is 1.65. The Morgan fingerprint density at radius 3 is 1.96 bits per heavy atom. The predicted molar refractivity (Wildman–Crippen MR) is 105 cm³/mol. The third-order valence-electron chi connectivity index (χ3n) is 5.39. The molecule has 0 unspecified atom stereocenters. The Morgan fingerprint density at radius 2 is 1.35 bits per heavy atom. The maximum atomic E-state index is 13.1. The number of amides is 1. The van der Waals surface area contributed by atoms with E-state index >= 15 is 0 Å². The minimum atomic E-state index is 0.00552. The lowest BCUT2D eigenvalue weighted by Gasteiger charge is -2.51. The van der Waals surface area contributed by atoms with Crippen LogP contribution >= 0.6 is 0 Å². The first-order chi connectivity index (χ1) is 12.8. The SMILES string of the molecule is C[C@H](c1ccccc1)N1C(=O)[C@H](Cc2ccccc2)[C@H]1c1ccccc1. The number of carbonyl (C=O) groups excluding carboxylic acids is 1. The zero-order valence-electron chi connectivity index (χ0n) is 15.0. The van der Waals surface area contributed by atoms with E-state index in [2.05, 4.69) is 60.4 Å². The van der Waals surface area contributed by atoms with E-state index in [0.29, 0.717) is 0 Å². The summed E-state index contributed by atoms with van der Waals surface area (Å²) in [6, 6.07) is 31.2. The number of hydrogen-bond acceptors (Lipinski definition) is 1. The van der Waals surface area contributed by atoms with E-state index < -0.39 is 0 Å². The van der Waals surface area contributed by atoms with Crippen LogP contribution in [0.25, 0.3) is 0 Å². The second kappa shape index (κ2) is 7.17. The maximum Gasteiger partial charge on any atom is 0.229 e. The Labute approximate surface area is 155 Å². The number of rotatable bonds is 5. The van der Waals surface area contributed by atoms with E-state index in [9.17, 15) is 4.79 Å². The molecule has 1 saturated heterocycles. The first-order valence-electron chi connectivity index (χ1n) is 9.21. The van der Waals surface area contributed by atoms with Crippen molar-refractivity contribution in [3.05, 3.63) is 108 Å². The lowest BCUT2D eigenvalue weighted by atomic mass is 9.77. The molecule has 1 aliphatic heterocycles. The summed E-state index contributed by atoms with van der Waals surface area (Å²) in [5.41, 5.74) is 3.62. The maximum absolute atomic E-state index is 13.1. The fourth-order valence-corrected chi connectivity index (χ4v) is 4.01. The van der Waals surface area contributed by atoms with Crippen molar-refractivity contribution in [1.29, 1.82) is 0 Å². The molecule has 1 heterocycles. The number of carbonyl (C=O) groups is 1. The van der Waals surface area contributed by atoms with Gasteiger partial charge >= 0.3 is 0 Å². The third kappa shape index (κ3) is 3.03. The fraction of sp³-hybridized carbons (Fsp3) is 0.208. The number of likely N-dealkylation sites (tertiary alicyclic amines) is 1. The molecule has 4 rings (SSSR count). The predicted octanol–water partition coefficient (Wildman–Crippen LogP) is 5.19. The monoisotopic (exact) mass is 341 g/mol. The van der Waals surface area contributed by atoms with Gasteiger partial charge in [0.2, 0.25) is 5.91 Å². The quantitative estimate of drug-likeness (QED) is 0.585. The van der Waals surface area contributed by atoms with Crippen LogP contribution in [0.4, 0.5) is 0 Å².